The topological polar surface area (TPSA) is 122 Å². The molecule has 7 nitrogen and oxygen atoms in total. The van der Waals surface area contributed by atoms with Crippen LogP contribution in [0.4, 0.5) is 0 Å². The molecule has 3 unspecified atom stereocenters. The van der Waals surface area contributed by atoms with E-state index in [1.54, 1.807) is 12.1 Å². The number of phenols is 1. The van der Waals surface area contributed by atoms with Gasteiger partial charge in [-0.2, -0.15) is 0 Å². The van der Waals surface area contributed by atoms with Crippen molar-refractivity contribution in [3.8, 4) is 5.75 Å². The molecule has 0 aromatic heterocycles. The van der Waals surface area contributed by atoms with Gasteiger partial charge in [0.2, 0.25) is 5.91 Å². The van der Waals surface area contributed by atoms with E-state index in [9.17, 15) is 14.7 Å². The molecule has 1 aliphatic heterocycles. The number of carboxylic acid groups (broad SMARTS) is 1. The normalized spacial score (nSPS) is 22.7. The van der Waals surface area contributed by atoms with E-state index < -0.39 is 29.9 Å². The van der Waals surface area contributed by atoms with Gasteiger partial charge in [-0.3, -0.25) is 9.59 Å². The average Bonchev–Trinajstić information content (AvgIpc) is 2.89. The number of carbonyl (C=O) groups is 2. The third-order valence-electron chi connectivity index (χ3n) is 3.45. The van der Waals surface area contributed by atoms with E-state index in [1.807, 2.05) is 0 Å². The number of nitrogens with one attached hydrogen (secondary N) is 1. The number of carboxylic acids is 1. The first-order chi connectivity index (χ1) is 9.97. The zero-order valence-electron chi connectivity index (χ0n) is 11.4. The van der Waals surface area contributed by atoms with Gasteiger partial charge in [0.15, 0.2) is 0 Å². The highest BCUT2D eigenvalue weighted by atomic mass is 16.5. The van der Waals surface area contributed by atoms with E-state index in [0.29, 0.717) is 6.42 Å². The van der Waals surface area contributed by atoms with Crippen LogP contribution in [-0.4, -0.2) is 47.4 Å². The lowest BCUT2D eigenvalue weighted by Gasteiger charge is -2.19. The third kappa shape index (κ3) is 3.93. The molecule has 0 radical (unpaired) electrons. The van der Waals surface area contributed by atoms with Gasteiger partial charge in [-0.05, 0) is 24.1 Å². The highest BCUT2D eigenvalue weighted by Crippen LogP contribution is 2.15. The number of hydrogen-bond donors (Lipinski definition) is 4. The van der Waals surface area contributed by atoms with Crippen LogP contribution in [0.15, 0.2) is 24.3 Å². The van der Waals surface area contributed by atoms with Crippen LogP contribution in [0.3, 0.4) is 0 Å². The molecule has 1 aliphatic rings. The summed E-state index contributed by atoms with van der Waals surface area (Å²) >= 11 is 0. The molecule has 114 valence electrons. The second-order valence-electron chi connectivity index (χ2n) is 5.07. The number of rotatable bonds is 5. The van der Waals surface area contributed by atoms with Gasteiger partial charge in [0.1, 0.15) is 11.7 Å². The highest BCUT2D eigenvalue weighted by molar-refractivity contribution is 5.83. The predicted molar refractivity (Wildman–Crippen MR) is 73.7 cm³/mol. The van der Waals surface area contributed by atoms with E-state index in [-0.39, 0.29) is 19.0 Å². The molecule has 1 aromatic carbocycles. The van der Waals surface area contributed by atoms with Gasteiger partial charge in [-0.15, -0.1) is 0 Å². The molecule has 7 heteroatoms. The standard InChI is InChI=1S/C14H18N2O5/c15-11(5-8-1-3-9(17)4-2-8)13(18)16-12-7-21-6-10(12)14(19)20/h1-4,10-12,17H,5-7,15H2,(H,16,18)(H,19,20). The van der Waals surface area contributed by atoms with Crippen LogP contribution in [0.5, 0.6) is 5.75 Å². The molecule has 1 amide bonds. The van der Waals surface area contributed by atoms with Crippen LogP contribution in [0, 0.1) is 5.92 Å². The lowest BCUT2D eigenvalue weighted by atomic mass is 10.0. The van der Waals surface area contributed by atoms with Gasteiger partial charge in [-0.25, -0.2) is 0 Å². The lowest BCUT2D eigenvalue weighted by Crippen LogP contribution is -2.50. The number of aliphatic carboxylic acids is 1. The molecule has 1 aromatic rings. The molecule has 21 heavy (non-hydrogen) atoms. The van der Waals surface area contributed by atoms with Crippen LogP contribution >= 0.6 is 0 Å². The van der Waals surface area contributed by atoms with E-state index in [0.717, 1.165) is 5.56 Å². The maximum absolute atomic E-state index is 12.0. The molecule has 0 bridgehead atoms. The van der Waals surface area contributed by atoms with Gasteiger partial charge in [0.05, 0.1) is 25.3 Å². The summed E-state index contributed by atoms with van der Waals surface area (Å²) in [5.41, 5.74) is 6.64. The number of phenolic OH excluding ortho intramolecular Hbond substituents is 1. The Bertz CT molecular complexity index is 517. The quantitative estimate of drug-likeness (QED) is 0.579. The second kappa shape index (κ2) is 6.55. The van der Waals surface area contributed by atoms with Crippen LogP contribution < -0.4 is 11.1 Å². The Morgan fingerprint density at radius 3 is 2.62 bits per heavy atom. The van der Waals surface area contributed by atoms with Gasteiger partial charge < -0.3 is 26.0 Å². The summed E-state index contributed by atoms with van der Waals surface area (Å²) in [6.45, 7) is 0.266. The maximum atomic E-state index is 12.0. The summed E-state index contributed by atoms with van der Waals surface area (Å²) < 4.78 is 5.08. The summed E-state index contributed by atoms with van der Waals surface area (Å²) in [7, 11) is 0. The Hall–Kier alpha value is -2.12. The molecule has 0 spiro atoms. The summed E-state index contributed by atoms with van der Waals surface area (Å²) in [6.07, 6.45) is 0.303. The molecule has 1 fully saturated rings. The van der Waals surface area contributed by atoms with Crippen molar-refractivity contribution in [3.63, 3.8) is 0 Å². The average molecular weight is 294 g/mol. The van der Waals surface area contributed by atoms with Crippen molar-refractivity contribution in [2.45, 2.75) is 18.5 Å². The number of ether oxygens (including phenoxy) is 1. The minimum atomic E-state index is -0.995. The number of hydrogen-bond acceptors (Lipinski definition) is 5. The Labute approximate surface area is 121 Å². The van der Waals surface area contributed by atoms with Crippen molar-refractivity contribution < 1.29 is 24.5 Å². The first-order valence-corrected chi connectivity index (χ1v) is 6.62. The monoisotopic (exact) mass is 294 g/mol. The first kappa shape index (κ1) is 15.3. The Balaban J connectivity index is 1.90. The fourth-order valence-corrected chi connectivity index (χ4v) is 2.21. The molecule has 1 heterocycles. The summed E-state index contributed by atoms with van der Waals surface area (Å²) in [5, 5.41) is 20.8. The number of carbonyl (C=O) groups excluding carboxylic acids is 1. The minimum Gasteiger partial charge on any atom is -0.508 e. The molecule has 2 rings (SSSR count). The van der Waals surface area contributed by atoms with Crippen molar-refractivity contribution in [1.82, 2.24) is 5.32 Å². The largest absolute Gasteiger partial charge is 0.508 e. The number of amides is 1. The molecule has 0 saturated carbocycles. The molecular weight excluding hydrogens is 276 g/mol. The summed E-state index contributed by atoms with van der Waals surface area (Å²) in [5.74, 6) is -2.01. The van der Waals surface area contributed by atoms with E-state index in [1.165, 1.54) is 12.1 Å². The number of aromatic hydroxyl groups is 1. The SMILES string of the molecule is NC(Cc1ccc(O)cc1)C(=O)NC1COCC1C(=O)O. The van der Waals surface area contributed by atoms with Crippen molar-refractivity contribution in [1.29, 1.82) is 0 Å². The van der Waals surface area contributed by atoms with Crippen LogP contribution in [-0.2, 0) is 20.7 Å². The Kier molecular flexibility index (Phi) is 4.77. The fraction of sp³-hybridized carbons (Fsp3) is 0.429. The van der Waals surface area contributed by atoms with E-state index >= 15 is 0 Å². The second-order valence-corrected chi connectivity index (χ2v) is 5.07. The minimum absolute atomic E-state index is 0.0908. The number of benzene rings is 1. The smallest absolute Gasteiger partial charge is 0.311 e. The summed E-state index contributed by atoms with van der Waals surface area (Å²) in [6, 6.07) is 5.06. The summed E-state index contributed by atoms with van der Waals surface area (Å²) in [4.78, 5) is 23.0. The molecule has 3 atom stereocenters. The van der Waals surface area contributed by atoms with Crippen molar-refractivity contribution in [2.24, 2.45) is 11.7 Å². The third-order valence-corrected chi connectivity index (χ3v) is 3.45. The zero-order chi connectivity index (χ0) is 15.4. The highest BCUT2D eigenvalue weighted by Gasteiger charge is 2.35. The molecule has 1 saturated heterocycles. The van der Waals surface area contributed by atoms with E-state index in [2.05, 4.69) is 5.32 Å². The van der Waals surface area contributed by atoms with Crippen molar-refractivity contribution >= 4 is 11.9 Å². The van der Waals surface area contributed by atoms with Crippen LogP contribution in [0.1, 0.15) is 5.56 Å². The molecular formula is C14H18N2O5. The van der Waals surface area contributed by atoms with Crippen LogP contribution in [0.2, 0.25) is 0 Å². The van der Waals surface area contributed by atoms with Crippen molar-refractivity contribution in [3.05, 3.63) is 29.8 Å². The Morgan fingerprint density at radius 1 is 1.33 bits per heavy atom. The Morgan fingerprint density at radius 2 is 2.00 bits per heavy atom. The molecule has 5 N–H and O–H groups in total. The predicted octanol–water partition coefficient (Wildman–Crippen LogP) is -0.522. The van der Waals surface area contributed by atoms with Crippen molar-refractivity contribution in [2.75, 3.05) is 13.2 Å². The lowest BCUT2D eigenvalue weighted by molar-refractivity contribution is -0.142. The van der Waals surface area contributed by atoms with E-state index in [4.69, 9.17) is 15.6 Å². The number of nitrogens with two attached hydrogens (primary N) is 1. The van der Waals surface area contributed by atoms with Crippen LogP contribution in [0.25, 0.3) is 0 Å². The zero-order valence-corrected chi connectivity index (χ0v) is 11.4. The van der Waals surface area contributed by atoms with Gasteiger partial charge in [0.25, 0.3) is 0 Å². The fourth-order valence-electron chi connectivity index (χ4n) is 2.21. The first-order valence-electron chi connectivity index (χ1n) is 6.62. The maximum Gasteiger partial charge on any atom is 0.311 e. The van der Waals surface area contributed by atoms with Gasteiger partial charge in [0, 0.05) is 0 Å². The van der Waals surface area contributed by atoms with Gasteiger partial charge >= 0.3 is 5.97 Å². The van der Waals surface area contributed by atoms with Gasteiger partial charge in [-0.1, -0.05) is 12.1 Å². The molecule has 0 aliphatic carbocycles.